The standard InChI is InChI=1S/C26H38N6O.C21H30N6O.C5H8O/c1-18-16-21(10-13-27-18)30-26-28-17-24(25(31-26)29-20-6-8-23(33)9-7-20)19-11-14-32(15-12-19)22-4-2-3-5-22;1-14-12-17(8-11-23-14)26-21-24-13-19(15-6-9-22-10-7-15)20(27-21)25-16-2-4-18(28)5-3-16;6-5-3-1-2-4-5/h10,13,16-17,19-20,22-23,33H,2-9,11-12,14-15H2,1H3,(H2,27,28,29,30,31);8,11-13,15-16,18,22,28H,2-7,9-10H2,1H3,(H2,23,24,25,26,27);1-4H2. The monoisotopic (exact) mass is 917 g/mol. The van der Waals surface area contributed by atoms with E-state index in [9.17, 15) is 15.0 Å². The fourth-order valence-electron chi connectivity index (χ4n) is 10.8. The zero-order chi connectivity index (χ0) is 46.4. The van der Waals surface area contributed by atoms with Crippen molar-refractivity contribution in [2.24, 2.45) is 0 Å². The summed E-state index contributed by atoms with van der Waals surface area (Å²) in [5.74, 6) is 4.56. The van der Waals surface area contributed by atoms with E-state index in [-0.39, 0.29) is 12.2 Å². The molecule has 0 bridgehead atoms. The number of Topliss-reactive ketones (excluding diaryl/α,β-unsaturated/α-hetero) is 1. The first-order valence-electron chi connectivity index (χ1n) is 25.7. The second-order valence-electron chi connectivity index (χ2n) is 19.9. The number of aromatic nitrogens is 6. The third-order valence-electron chi connectivity index (χ3n) is 14.8. The maximum atomic E-state index is 10.2. The number of hydrogen-bond donors (Lipinski definition) is 7. The Hall–Kier alpha value is -4.83. The summed E-state index contributed by atoms with van der Waals surface area (Å²) >= 11 is 0. The van der Waals surface area contributed by atoms with E-state index in [0.29, 0.717) is 41.6 Å². The number of carbonyl (C=O) groups excluding carboxylic acids is 1. The van der Waals surface area contributed by atoms with Gasteiger partial charge in [0.1, 0.15) is 17.4 Å². The molecule has 0 unspecified atom stereocenters. The lowest BCUT2D eigenvalue weighted by Crippen LogP contribution is -2.39. The Morgan fingerprint density at radius 1 is 0.582 bits per heavy atom. The molecular weight excluding hydrogens is 841 g/mol. The molecule has 7 N–H and O–H groups in total. The number of anilines is 6. The van der Waals surface area contributed by atoms with Gasteiger partial charge in [-0.3, -0.25) is 14.8 Å². The number of aliphatic hydroxyl groups excluding tert-OH is 2. The van der Waals surface area contributed by atoms with Crippen LogP contribution in [0.15, 0.2) is 49.1 Å². The summed E-state index contributed by atoms with van der Waals surface area (Å²) < 4.78 is 0. The van der Waals surface area contributed by atoms with Crippen LogP contribution in [0.4, 0.5) is 34.9 Å². The first-order valence-corrected chi connectivity index (χ1v) is 25.7. The number of piperidine rings is 2. The SMILES string of the molecule is Cc1cc(Nc2ncc(C3CCN(C4CCCC4)CC3)c(NC3CCC(O)CC3)n2)ccn1.Cc1cc(Nc2ncc(C3CCNCC3)c(NC3CCC(O)CC3)n2)ccn1.O=C1CCCC1. The van der Waals surface area contributed by atoms with E-state index in [0.717, 1.165) is 143 Å². The van der Waals surface area contributed by atoms with Gasteiger partial charge in [0.05, 0.1) is 12.2 Å². The molecule has 0 spiro atoms. The zero-order valence-electron chi connectivity index (χ0n) is 40.1. The molecule has 4 saturated carbocycles. The number of carbonyl (C=O) groups is 1. The van der Waals surface area contributed by atoms with Gasteiger partial charge in [0, 0.05) is 89.6 Å². The molecule has 0 radical (unpaired) electrons. The summed E-state index contributed by atoms with van der Waals surface area (Å²) in [6.07, 6.45) is 28.7. The van der Waals surface area contributed by atoms with Gasteiger partial charge >= 0.3 is 0 Å². The maximum Gasteiger partial charge on any atom is 0.229 e. The van der Waals surface area contributed by atoms with Gasteiger partial charge in [0.15, 0.2) is 0 Å². The molecular formula is C52H76N12O3. The number of hydrogen-bond acceptors (Lipinski definition) is 15. The van der Waals surface area contributed by atoms with E-state index in [2.05, 4.69) is 46.4 Å². The summed E-state index contributed by atoms with van der Waals surface area (Å²) in [6, 6.07) is 9.38. The third-order valence-corrected chi connectivity index (χ3v) is 14.8. The van der Waals surface area contributed by atoms with Crippen LogP contribution in [0.25, 0.3) is 0 Å². The largest absolute Gasteiger partial charge is 0.393 e. The highest BCUT2D eigenvalue weighted by Crippen LogP contribution is 2.37. The molecule has 362 valence electrons. The molecule has 2 aliphatic heterocycles. The van der Waals surface area contributed by atoms with E-state index >= 15 is 0 Å². The van der Waals surface area contributed by atoms with Crippen molar-refractivity contribution in [3.05, 3.63) is 71.6 Å². The van der Waals surface area contributed by atoms with Crippen LogP contribution in [-0.2, 0) is 4.79 Å². The number of pyridine rings is 2. The Labute approximate surface area is 398 Å². The van der Waals surface area contributed by atoms with Crippen LogP contribution in [0.2, 0.25) is 0 Å². The second-order valence-corrected chi connectivity index (χ2v) is 19.9. The molecule has 6 heterocycles. The van der Waals surface area contributed by atoms with Crippen LogP contribution in [0, 0.1) is 13.8 Å². The molecule has 4 aliphatic carbocycles. The van der Waals surface area contributed by atoms with Crippen molar-refractivity contribution < 1.29 is 15.0 Å². The van der Waals surface area contributed by atoms with Crippen molar-refractivity contribution in [2.45, 2.75) is 184 Å². The van der Waals surface area contributed by atoms with Gasteiger partial charge in [-0.15, -0.1) is 0 Å². The highest BCUT2D eigenvalue weighted by Gasteiger charge is 2.31. The van der Waals surface area contributed by atoms with Crippen molar-refractivity contribution in [1.29, 1.82) is 0 Å². The van der Waals surface area contributed by atoms with Gasteiger partial charge in [0.2, 0.25) is 11.9 Å². The van der Waals surface area contributed by atoms with Gasteiger partial charge < -0.3 is 41.7 Å². The van der Waals surface area contributed by atoms with E-state index in [1.165, 1.54) is 62.7 Å². The number of nitrogens with one attached hydrogen (secondary N) is 5. The van der Waals surface area contributed by atoms with Gasteiger partial charge in [0.25, 0.3) is 0 Å². The molecule has 6 aliphatic rings. The van der Waals surface area contributed by atoms with E-state index < -0.39 is 0 Å². The van der Waals surface area contributed by atoms with Crippen molar-refractivity contribution in [2.75, 3.05) is 47.4 Å². The lowest BCUT2D eigenvalue weighted by atomic mass is 9.88. The topological polar surface area (TPSA) is 198 Å². The van der Waals surface area contributed by atoms with Crippen molar-refractivity contribution in [1.82, 2.24) is 40.1 Å². The molecule has 15 heteroatoms. The smallest absolute Gasteiger partial charge is 0.229 e. The zero-order valence-corrected chi connectivity index (χ0v) is 40.1. The van der Waals surface area contributed by atoms with E-state index in [1.807, 2.05) is 50.5 Å². The molecule has 10 rings (SSSR count). The Bertz CT molecular complexity index is 2150. The van der Waals surface area contributed by atoms with E-state index in [4.69, 9.17) is 15.0 Å². The van der Waals surface area contributed by atoms with Crippen LogP contribution >= 0.6 is 0 Å². The minimum absolute atomic E-state index is 0.153. The summed E-state index contributed by atoms with van der Waals surface area (Å²) in [7, 11) is 0. The fourth-order valence-corrected chi connectivity index (χ4v) is 10.8. The van der Waals surface area contributed by atoms with Gasteiger partial charge in [-0.2, -0.15) is 9.97 Å². The molecule has 67 heavy (non-hydrogen) atoms. The lowest BCUT2D eigenvalue weighted by molar-refractivity contribution is -0.117. The average Bonchev–Trinajstić information content (AvgIpc) is 4.07. The maximum absolute atomic E-state index is 10.2. The predicted octanol–water partition coefficient (Wildman–Crippen LogP) is 9.00. The molecule has 2 saturated heterocycles. The van der Waals surface area contributed by atoms with E-state index in [1.54, 1.807) is 12.4 Å². The quantitative estimate of drug-likeness (QED) is 0.0752. The van der Waals surface area contributed by atoms with Crippen molar-refractivity contribution in [3.63, 3.8) is 0 Å². The first-order chi connectivity index (χ1) is 32.7. The predicted molar refractivity (Wildman–Crippen MR) is 266 cm³/mol. The normalized spacial score (nSPS) is 24.2. The number of likely N-dealkylation sites (tertiary alicyclic amines) is 1. The summed E-state index contributed by atoms with van der Waals surface area (Å²) in [5.41, 5.74) is 6.27. The lowest BCUT2D eigenvalue weighted by Gasteiger charge is -2.36. The van der Waals surface area contributed by atoms with Gasteiger partial charge in [-0.1, -0.05) is 12.8 Å². The van der Waals surface area contributed by atoms with Crippen LogP contribution in [0.1, 0.15) is 163 Å². The highest BCUT2D eigenvalue weighted by molar-refractivity contribution is 5.80. The third kappa shape index (κ3) is 14.6. The molecule has 0 atom stereocenters. The minimum Gasteiger partial charge on any atom is -0.393 e. The number of nitrogens with zero attached hydrogens (tertiary/aromatic N) is 7. The fraction of sp³-hybridized carbons (Fsp3) is 0.635. The second kappa shape index (κ2) is 24.5. The molecule has 6 fully saturated rings. The molecule has 4 aromatic heterocycles. The van der Waals surface area contributed by atoms with Gasteiger partial charge in [-0.05, 0) is 179 Å². The minimum atomic E-state index is -0.153. The van der Waals surface area contributed by atoms with Crippen molar-refractivity contribution in [3.8, 4) is 0 Å². The summed E-state index contributed by atoms with van der Waals surface area (Å²) in [4.78, 5) is 40.6. The Kier molecular flexibility index (Phi) is 17.7. The van der Waals surface area contributed by atoms with Crippen LogP contribution in [0.3, 0.4) is 0 Å². The number of ketones is 1. The van der Waals surface area contributed by atoms with Crippen LogP contribution < -0.4 is 26.6 Å². The Morgan fingerprint density at radius 3 is 1.48 bits per heavy atom. The Morgan fingerprint density at radius 2 is 1.04 bits per heavy atom. The van der Waals surface area contributed by atoms with Crippen LogP contribution in [0.5, 0.6) is 0 Å². The number of aliphatic hydroxyl groups is 2. The summed E-state index contributed by atoms with van der Waals surface area (Å²) in [6.45, 7) is 8.39. The average molecular weight is 917 g/mol. The molecule has 0 aromatic carbocycles. The first kappa shape index (κ1) is 48.6. The Balaban J connectivity index is 0.000000163. The molecule has 4 aromatic rings. The van der Waals surface area contributed by atoms with Crippen LogP contribution in [-0.4, -0.2) is 107 Å². The summed E-state index contributed by atoms with van der Waals surface area (Å²) in [5, 5.41) is 37.2. The molecule has 0 amide bonds. The highest BCUT2D eigenvalue weighted by atomic mass is 16.3. The van der Waals surface area contributed by atoms with Gasteiger partial charge in [-0.25, -0.2) is 9.97 Å². The number of rotatable bonds is 11. The number of aryl methyl sites for hydroxylation is 2. The van der Waals surface area contributed by atoms with Crippen molar-refractivity contribution >= 4 is 40.7 Å². The molecule has 15 nitrogen and oxygen atoms in total.